The first-order chi connectivity index (χ1) is 11.4. The van der Waals surface area contributed by atoms with Crippen LogP contribution in [0.25, 0.3) is 0 Å². The number of ether oxygens (including phenoxy) is 1. The summed E-state index contributed by atoms with van der Waals surface area (Å²) in [6.07, 6.45) is 1.13. The lowest BCUT2D eigenvalue weighted by Crippen LogP contribution is -2.14. The molecule has 0 fully saturated rings. The molecule has 0 saturated heterocycles. The van der Waals surface area contributed by atoms with Gasteiger partial charge in [0, 0.05) is 18.2 Å². The van der Waals surface area contributed by atoms with Crippen LogP contribution in [0.15, 0.2) is 36.9 Å². The number of esters is 1. The molecule has 24 heavy (non-hydrogen) atoms. The molecule has 1 aromatic rings. The van der Waals surface area contributed by atoms with E-state index in [-0.39, 0.29) is 13.2 Å². The van der Waals surface area contributed by atoms with Crippen LogP contribution in [0.2, 0.25) is 0 Å². The summed E-state index contributed by atoms with van der Waals surface area (Å²) < 4.78 is 28.8. The van der Waals surface area contributed by atoms with E-state index in [0.717, 1.165) is 6.08 Å². The van der Waals surface area contributed by atoms with Crippen molar-refractivity contribution in [3.63, 3.8) is 0 Å². The van der Waals surface area contributed by atoms with Crippen LogP contribution in [0.5, 0.6) is 0 Å². The molecule has 1 unspecified atom stereocenters. The van der Waals surface area contributed by atoms with E-state index in [9.17, 15) is 14.2 Å². The first-order valence-corrected chi connectivity index (χ1v) is 9.06. The van der Waals surface area contributed by atoms with Crippen molar-refractivity contribution in [3.8, 4) is 0 Å². The summed E-state index contributed by atoms with van der Waals surface area (Å²) in [6, 6.07) is 6.43. The first kappa shape index (κ1) is 20.1. The second-order valence-corrected chi connectivity index (χ2v) is 6.72. The van der Waals surface area contributed by atoms with Gasteiger partial charge in [0.15, 0.2) is 0 Å². The van der Waals surface area contributed by atoms with Crippen molar-refractivity contribution in [1.82, 2.24) is 0 Å². The van der Waals surface area contributed by atoms with Gasteiger partial charge in [-0.2, -0.15) is 0 Å². The summed E-state index contributed by atoms with van der Waals surface area (Å²) in [7, 11) is -3.74. The molecule has 1 amide bonds. The Morgan fingerprint density at radius 2 is 1.92 bits per heavy atom. The van der Waals surface area contributed by atoms with Crippen LogP contribution in [0.3, 0.4) is 0 Å². The van der Waals surface area contributed by atoms with E-state index in [1.165, 1.54) is 6.92 Å². The van der Waals surface area contributed by atoms with Crippen LogP contribution >= 0.6 is 7.60 Å². The van der Waals surface area contributed by atoms with Gasteiger partial charge in [0.25, 0.3) is 0 Å². The summed E-state index contributed by atoms with van der Waals surface area (Å²) in [5, 5.41) is 2.59. The fourth-order valence-corrected chi connectivity index (χ4v) is 3.84. The quantitative estimate of drug-likeness (QED) is 0.413. The third kappa shape index (κ3) is 5.60. The number of nitrogens with one attached hydrogen (secondary N) is 1. The van der Waals surface area contributed by atoms with Gasteiger partial charge >= 0.3 is 13.6 Å². The molecule has 0 aliphatic rings. The summed E-state index contributed by atoms with van der Waals surface area (Å²) >= 11 is 0. The number of benzene rings is 1. The first-order valence-electron chi connectivity index (χ1n) is 7.45. The molecule has 132 valence electrons. The molecule has 8 heteroatoms. The normalized spacial score (nSPS) is 12.3. The molecule has 1 rings (SSSR count). The summed E-state index contributed by atoms with van der Waals surface area (Å²) in [4.78, 5) is 22.9. The van der Waals surface area contributed by atoms with Gasteiger partial charge in [0.1, 0.15) is 0 Å². The number of carbonyl (C=O) groups excluding carboxylic acids is 2. The minimum Gasteiger partial charge on any atom is -0.445 e. The van der Waals surface area contributed by atoms with Crippen LogP contribution in [-0.4, -0.2) is 25.1 Å². The van der Waals surface area contributed by atoms with Crippen LogP contribution in [0, 0.1) is 0 Å². The number of anilines is 1. The Hall–Kier alpha value is -1.95. The highest BCUT2D eigenvalue weighted by atomic mass is 31.2. The molecule has 7 nitrogen and oxygen atoms in total. The van der Waals surface area contributed by atoms with Crippen LogP contribution in [-0.2, 0) is 27.9 Å². The van der Waals surface area contributed by atoms with Gasteiger partial charge in [-0.05, 0) is 32.1 Å². The highest BCUT2D eigenvalue weighted by molar-refractivity contribution is 7.54. The van der Waals surface area contributed by atoms with E-state index >= 15 is 0 Å². The van der Waals surface area contributed by atoms with Crippen molar-refractivity contribution in [1.29, 1.82) is 0 Å². The molecule has 0 aromatic heterocycles. The van der Waals surface area contributed by atoms with Crippen molar-refractivity contribution in [3.05, 3.63) is 42.5 Å². The molecule has 1 aromatic carbocycles. The lowest BCUT2D eigenvalue weighted by Gasteiger charge is -2.26. The Balaban J connectivity index is 3.26. The Kier molecular flexibility index (Phi) is 7.85. The molecule has 0 radical (unpaired) electrons. The molecule has 0 aliphatic carbocycles. The van der Waals surface area contributed by atoms with Gasteiger partial charge in [-0.3, -0.25) is 14.2 Å². The van der Waals surface area contributed by atoms with E-state index in [4.69, 9.17) is 13.8 Å². The van der Waals surface area contributed by atoms with E-state index in [1.54, 1.807) is 38.1 Å². The molecule has 0 bridgehead atoms. The predicted molar refractivity (Wildman–Crippen MR) is 90.6 cm³/mol. The van der Waals surface area contributed by atoms with Gasteiger partial charge in [-0.15, -0.1) is 0 Å². The fraction of sp³-hybridized carbons (Fsp3) is 0.375. The highest BCUT2D eigenvalue weighted by Gasteiger charge is 2.39. The Morgan fingerprint density at radius 3 is 2.42 bits per heavy atom. The Bertz CT molecular complexity index is 635. The van der Waals surface area contributed by atoms with Gasteiger partial charge in [-0.1, -0.05) is 18.7 Å². The minimum atomic E-state index is -3.74. The van der Waals surface area contributed by atoms with E-state index in [0.29, 0.717) is 11.3 Å². The van der Waals surface area contributed by atoms with Gasteiger partial charge in [0.2, 0.25) is 11.8 Å². The number of hydrogen-bond acceptors (Lipinski definition) is 6. The van der Waals surface area contributed by atoms with E-state index < -0.39 is 25.3 Å². The third-order valence-electron chi connectivity index (χ3n) is 2.81. The zero-order valence-electron chi connectivity index (χ0n) is 14.0. The second-order valence-electron chi connectivity index (χ2n) is 4.66. The molecular weight excluding hydrogens is 333 g/mol. The van der Waals surface area contributed by atoms with Crippen LogP contribution < -0.4 is 5.32 Å². The predicted octanol–water partition coefficient (Wildman–Crippen LogP) is 3.64. The number of carbonyl (C=O) groups is 2. The molecule has 0 spiro atoms. The van der Waals surface area contributed by atoms with Crippen molar-refractivity contribution in [2.45, 2.75) is 26.6 Å². The lowest BCUT2D eigenvalue weighted by molar-refractivity contribution is -0.144. The van der Waals surface area contributed by atoms with E-state index in [2.05, 4.69) is 11.9 Å². The second kappa shape index (κ2) is 9.37. The zero-order chi connectivity index (χ0) is 18.2. The van der Waals surface area contributed by atoms with Crippen molar-refractivity contribution < 1.29 is 27.9 Å². The minimum absolute atomic E-state index is 0.127. The monoisotopic (exact) mass is 355 g/mol. The largest absolute Gasteiger partial charge is 0.445 e. The average Bonchev–Trinajstić information content (AvgIpc) is 2.53. The maximum absolute atomic E-state index is 13.0. The van der Waals surface area contributed by atoms with Gasteiger partial charge < -0.3 is 19.1 Å². The lowest BCUT2D eigenvalue weighted by atomic mass is 10.2. The number of hydrogen-bond donors (Lipinski definition) is 1. The molecule has 0 saturated carbocycles. The Morgan fingerprint density at radius 1 is 1.29 bits per heavy atom. The standard InChI is InChI=1S/C16H22NO6P/c1-5-15(19)17-14-10-8-9-13(11-14)16(23-12(4)18)24(20,21-6-2)22-7-3/h5,8-11,16H,1,6-7H2,2-4H3,(H,17,19). The summed E-state index contributed by atoms with van der Waals surface area (Å²) in [6.45, 7) is 8.16. The smallest absolute Gasteiger partial charge is 0.375 e. The maximum Gasteiger partial charge on any atom is 0.375 e. The third-order valence-corrected chi connectivity index (χ3v) is 5.02. The Labute approximate surface area is 141 Å². The number of amides is 1. The topological polar surface area (TPSA) is 90.9 Å². The SMILES string of the molecule is C=CC(=O)Nc1cccc(C(OC(C)=O)P(=O)(OCC)OCC)c1. The molecule has 0 heterocycles. The molecular formula is C16H22NO6P. The molecule has 1 N–H and O–H groups in total. The zero-order valence-corrected chi connectivity index (χ0v) is 14.9. The van der Waals surface area contributed by atoms with E-state index in [1.807, 2.05) is 0 Å². The maximum atomic E-state index is 13.0. The molecule has 1 atom stereocenters. The molecule has 0 aliphatic heterocycles. The van der Waals surface area contributed by atoms with Crippen molar-refractivity contribution in [2.24, 2.45) is 0 Å². The van der Waals surface area contributed by atoms with Crippen LogP contribution in [0.1, 0.15) is 32.2 Å². The highest BCUT2D eigenvalue weighted by Crippen LogP contribution is 2.61. The number of rotatable bonds is 9. The van der Waals surface area contributed by atoms with Crippen molar-refractivity contribution >= 4 is 25.2 Å². The van der Waals surface area contributed by atoms with Crippen LogP contribution in [0.4, 0.5) is 5.69 Å². The summed E-state index contributed by atoms with van der Waals surface area (Å²) in [5.41, 5.74) is 0.825. The van der Waals surface area contributed by atoms with Crippen molar-refractivity contribution in [2.75, 3.05) is 18.5 Å². The van der Waals surface area contributed by atoms with Gasteiger partial charge in [-0.25, -0.2) is 0 Å². The fourth-order valence-electron chi connectivity index (χ4n) is 1.97. The summed E-state index contributed by atoms with van der Waals surface area (Å²) in [5.74, 6) is -2.25. The van der Waals surface area contributed by atoms with Gasteiger partial charge in [0.05, 0.1) is 13.2 Å². The average molecular weight is 355 g/mol.